The molecule has 0 radical (unpaired) electrons. The fourth-order valence-corrected chi connectivity index (χ4v) is 4.61. The molecule has 4 nitrogen and oxygen atoms in total. The summed E-state index contributed by atoms with van der Waals surface area (Å²) in [6.45, 7) is 2.81. The number of benzene rings is 2. The number of carbonyl (C=O) groups excluding carboxylic acids is 2. The summed E-state index contributed by atoms with van der Waals surface area (Å²) in [5, 5.41) is 0. The molecule has 4 heteroatoms. The summed E-state index contributed by atoms with van der Waals surface area (Å²) in [5.74, 6) is 1.93. The molecule has 4 rings (SSSR count). The Morgan fingerprint density at radius 3 is 1.64 bits per heavy atom. The SMILES string of the molecule is CC(=O)Oc1ccc(C(=C2C[C@@H]3CC[C@H]2C3)c2ccc(OC(C)=O)cc2)cc1. The second-order valence-electron chi connectivity index (χ2n) is 7.72. The van der Waals surface area contributed by atoms with Gasteiger partial charge in [-0.2, -0.15) is 0 Å². The second-order valence-corrected chi connectivity index (χ2v) is 7.72. The number of hydrogen-bond acceptors (Lipinski definition) is 4. The van der Waals surface area contributed by atoms with Gasteiger partial charge in [0.05, 0.1) is 0 Å². The van der Waals surface area contributed by atoms with Gasteiger partial charge in [-0.15, -0.1) is 0 Å². The molecule has 0 aromatic heterocycles. The molecule has 2 aliphatic carbocycles. The van der Waals surface area contributed by atoms with Crippen molar-refractivity contribution in [2.24, 2.45) is 11.8 Å². The monoisotopic (exact) mass is 376 g/mol. The van der Waals surface area contributed by atoms with E-state index in [4.69, 9.17) is 9.47 Å². The van der Waals surface area contributed by atoms with E-state index in [1.165, 1.54) is 44.3 Å². The molecule has 0 spiro atoms. The molecule has 28 heavy (non-hydrogen) atoms. The molecule has 2 bridgehead atoms. The van der Waals surface area contributed by atoms with Gasteiger partial charge in [0.15, 0.2) is 0 Å². The Labute approximate surface area is 165 Å². The highest BCUT2D eigenvalue weighted by atomic mass is 16.5. The van der Waals surface area contributed by atoms with Crippen LogP contribution < -0.4 is 9.47 Å². The first-order chi connectivity index (χ1) is 13.5. The van der Waals surface area contributed by atoms with E-state index in [1.54, 1.807) is 0 Å². The Hall–Kier alpha value is -2.88. The lowest BCUT2D eigenvalue weighted by molar-refractivity contribution is -0.132. The van der Waals surface area contributed by atoms with Crippen molar-refractivity contribution in [3.05, 3.63) is 65.2 Å². The summed E-state index contributed by atoms with van der Waals surface area (Å²) in [4.78, 5) is 22.4. The number of fused-ring (bicyclic) bond motifs is 2. The van der Waals surface area contributed by atoms with Crippen LogP contribution in [0.15, 0.2) is 54.1 Å². The predicted octanol–water partition coefficient (Wildman–Crippen LogP) is 5.16. The number of carbonyl (C=O) groups is 2. The highest BCUT2D eigenvalue weighted by Crippen LogP contribution is 2.51. The molecular formula is C24H24O4. The lowest BCUT2D eigenvalue weighted by Crippen LogP contribution is -2.05. The van der Waals surface area contributed by atoms with Gasteiger partial charge < -0.3 is 9.47 Å². The number of ether oxygens (including phenoxy) is 2. The molecule has 0 N–H and O–H groups in total. The van der Waals surface area contributed by atoms with Crippen molar-refractivity contribution in [3.63, 3.8) is 0 Å². The Kier molecular flexibility index (Phi) is 5.03. The average Bonchev–Trinajstić information content (AvgIpc) is 3.27. The summed E-state index contributed by atoms with van der Waals surface area (Å²) in [7, 11) is 0. The van der Waals surface area contributed by atoms with Crippen LogP contribution in [0.2, 0.25) is 0 Å². The van der Waals surface area contributed by atoms with Crippen molar-refractivity contribution in [1.82, 2.24) is 0 Å². The molecule has 0 aliphatic heterocycles. The minimum absolute atomic E-state index is 0.319. The first-order valence-corrected chi connectivity index (χ1v) is 9.80. The van der Waals surface area contributed by atoms with E-state index in [0.717, 1.165) is 23.5 Å². The smallest absolute Gasteiger partial charge is 0.308 e. The number of allylic oxidation sites excluding steroid dienone is 1. The Balaban J connectivity index is 1.72. The fraction of sp³-hybridized carbons (Fsp3) is 0.333. The number of rotatable bonds is 4. The van der Waals surface area contributed by atoms with Gasteiger partial charge >= 0.3 is 11.9 Å². The largest absolute Gasteiger partial charge is 0.427 e. The summed E-state index contributed by atoms with van der Waals surface area (Å²) >= 11 is 0. The van der Waals surface area contributed by atoms with Crippen molar-refractivity contribution in [2.75, 3.05) is 0 Å². The molecule has 2 saturated carbocycles. The zero-order chi connectivity index (χ0) is 19.7. The predicted molar refractivity (Wildman–Crippen MR) is 107 cm³/mol. The maximum Gasteiger partial charge on any atom is 0.308 e. The maximum absolute atomic E-state index is 11.2. The van der Waals surface area contributed by atoms with Gasteiger partial charge in [0.2, 0.25) is 0 Å². The third kappa shape index (κ3) is 3.86. The average molecular weight is 376 g/mol. The van der Waals surface area contributed by atoms with Gasteiger partial charge in [0.25, 0.3) is 0 Å². The van der Waals surface area contributed by atoms with Crippen LogP contribution in [0, 0.1) is 11.8 Å². The van der Waals surface area contributed by atoms with Crippen LogP contribution in [-0.4, -0.2) is 11.9 Å². The first kappa shape index (κ1) is 18.5. The van der Waals surface area contributed by atoms with E-state index >= 15 is 0 Å². The van der Waals surface area contributed by atoms with Gasteiger partial charge in [-0.1, -0.05) is 29.8 Å². The van der Waals surface area contributed by atoms with E-state index < -0.39 is 0 Å². The molecule has 0 amide bonds. The Morgan fingerprint density at radius 1 is 0.786 bits per heavy atom. The maximum atomic E-state index is 11.2. The van der Waals surface area contributed by atoms with Crippen molar-refractivity contribution in [3.8, 4) is 11.5 Å². The summed E-state index contributed by atoms with van der Waals surface area (Å²) in [5.41, 5.74) is 5.03. The standard InChI is InChI=1S/C24H24O4/c1-15(25)27-21-9-5-18(6-10-21)24(23-14-17-3-4-20(23)13-17)19-7-11-22(12-8-19)28-16(2)26/h5-12,17,20H,3-4,13-14H2,1-2H3/t17-,20+/m1/s1. The van der Waals surface area contributed by atoms with E-state index in [1.807, 2.05) is 48.5 Å². The highest BCUT2D eigenvalue weighted by Gasteiger charge is 2.37. The molecule has 0 saturated heterocycles. The van der Waals surface area contributed by atoms with Crippen LogP contribution in [-0.2, 0) is 9.59 Å². The normalized spacial score (nSPS) is 20.1. The van der Waals surface area contributed by atoms with Crippen molar-refractivity contribution < 1.29 is 19.1 Å². The minimum Gasteiger partial charge on any atom is -0.427 e. The molecule has 144 valence electrons. The van der Waals surface area contributed by atoms with Crippen LogP contribution >= 0.6 is 0 Å². The second kappa shape index (κ2) is 7.63. The van der Waals surface area contributed by atoms with Crippen LogP contribution in [0.5, 0.6) is 11.5 Å². The first-order valence-electron chi connectivity index (χ1n) is 9.80. The highest BCUT2D eigenvalue weighted by molar-refractivity contribution is 5.83. The molecular weight excluding hydrogens is 352 g/mol. The lowest BCUT2D eigenvalue weighted by atomic mass is 9.84. The molecule has 2 aromatic rings. The Bertz CT molecular complexity index is 861. The lowest BCUT2D eigenvalue weighted by Gasteiger charge is -2.20. The van der Waals surface area contributed by atoms with Gasteiger partial charge in [-0.05, 0) is 78.5 Å². The zero-order valence-corrected chi connectivity index (χ0v) is 16.2. The van der Waals surface area contributed by atoms with Gasteiger partial charge in [0, 0.05) is 13.8 Å². The fourth-order valence-electron chi connectivity index (χ4n) is 4.61. The van der Waals surface area contributed by atoms with E-state index in [-0.39, 0.29) is 11.9 Å². The van der Waals surface area contributed by atoms with Gasteiger partial charge in [-0.25, -0.2) is 0 Å². The molecule has 0 heterocycles. The van der Waals surface area contributed by atoms with Crippen molar-refractivity contribution in [2.45, 2.75) is 39.5 Å². The van der Waals surface area contributed by atoms with Crippen molar-refractivity contribution in [1.29, 1.82) is 0 Å². The number of esters is 2. The number of hydrogen-bond donors (Lipinski definition) is 0. The van der Waals surface area contributed by atoms with Gasteiger partial charge in [-0.3, -0.25) is 9.59 Å². The summed E-state index contributed by atoms with van der Waals surface area (Å²) < 4.78 is 10.4. The van der Waals surface area contributed by atoms with Crippen LogP contribution in [0.3, 0.4) is 0 Å². The van der Waals surface area contributed by atoms with Gasteiger partial charge in [0.1, 0.15) is 11.5 Å². The van der Waals surface area contributed by atoms with Crippen LogP contribution in [0.25, 0.3) is 5.57 Å². The van der Waals surface area contributed by atoms with Crippen molar-refractivity contribution >= 4 is 17.5 Å². The third-order valence-corrected chi connectivity index (χ3v) is 5.67. The molecule has 2 atom stereocenters. The summed E-state index contributed by atoms with van der Waals surface area (Å²) in [6.07, 6.45) is 5.03. The molecule has 2 aromatic carbocycles. The Morgan fingerprint density at radius 2 is 1.29 bits per heavy atom. The quantitative estimate of drug-likeness (QED) is 0.546. The molecule has 2 aliphatic rings. The zero-order valence-electron chi connectivity index (χ0n) is 16.2. The molecule has 0 unspecified atom stereocenters. The molecule has 2 fully saturated rings. The minimum atomic E-state index is -0.319. The van der Waals surface area contributed by atoms with Crippen LogP contribution in [0.4, 0.5) is 0 Å². The van der Waals surface area contributed by atoms with E-state index in [0.29, 0.717) is 17.4 Å². The van der Waals surface area contributed by atoms with Crippen LogP contribution in [0.1, 0.15) is 50.7 Å². The third-order valence-electron chi connectivity index (χ3n) is 5.67. The summed E-state index contributed by atoms with van der Waals surface area (Å²) in [6, 6.07) is 15.5. The topological polar surface area (TPSA) is 52.6 Å². The van der Waals surface area contributed by atoms with E-state index in [9.17, 15) is 9.59 Å². The van der Waals surface area contributed by atoms with E-state index in [2.05, 4.69) is 0 Å².